The molecule has 3 rings (SSSR count). The highest BCUT2D eigenvalue weighted by molar-refractivity contribution is 5.93. The molecule has 10 nitrogen and oxygen atoms in total. The summed E-state index contributed by atoms with van der Waals surface area (Å²) in [7, 11) is 0. The number of aromatic hydroxyl groups is 1. The van der Waals surface area contributed by atoms with Crippen molar-refractivity contribution in [1.82, 2.24) is 15.5 Å². The van der Waals surface area contributed by atoms with Gasteiger partial charge in [0.1, 0.15) is 23.4 Å². The van der Waals surface area contributed by atoms with Gasteiger partial charge in [0.2, 0.25) is 11.8 Å². The summed E-state index contributed by atoms with van der Waals surface area (Å²) in [6, 6.07) is 11.8. The van der Waals surface area contributed by atoms with E-state index in [2.05, 4.69) is 10.6 Å². The van der Waals surface area contributed by atoms with Crippen LogP contribution in [0.25, 0.3) is 0 Å². The fourth-order valence-electron chi connectivity index (χ4n) is 4.77. The number of benzene rings is 2. The van der Waals surface area contributed by atoms with E-state index in [0.717, 1.165) is 12.0 Å². The maximum Gasteiger partial charge on any atom is 0.408 e. The van der Waals surface area contributed by atoms with Crippen molar-refractivity contribution in [3.8, 4) is 5.75 Å². The van der Waals surface area contributed by atoms with Crippen LogP contribution in [0.4, 0.5) is 4.79 Å². The van der Waals surface area contributed by atoms with E-state index in [9.17, 15) is 24.3 Å². The number of hydrogen-bond acceptors (Lipinski definition) is 7. The maximum atomic E-state index is 14.5. The van der Waals surface area contributed by atoms with E-state index in [1.54, 1.807) is 51.7 Å². The number of carbonyl (C=O) groups is 4. The van der Waals surface area contributed by atoms with Crippen LogP contribution in [0.5, 0.6) is 5.75 Å². The number of alkyl carbamates (subject to hydrolysis) is 1. The lowest BCUT2D eigenvalue weighted by atomic mass is 9.87. The molecule has 0 aromatic heterocycles. The number of hydrogen-bond donors (Lipinski definition) is 3. The van der Waals surface area contributed by atoms with Crippen LogP contribution in [0.15, 0.2) is 48.5 Å². The molecular weight excluding hydrogens is 538 g/mol. The van der Waals surface area contributed by atoms with Gasteiger partial charge in [0.05, 0.1) is 13.0 Å². The Balaban J connectivity index is 2.00. The molecule has 10 heteroatoms. The van der Waals surface area contributed by atoms with Crippen molar-refractivity contribution in [2.45, 2.75) is 90.4 Å². The van der Waals surface area contributed by atoms with Crippen molar-refractivity contribution >= 4 is 23.9 Å². The SMILES string of the molecule is CCOC(=O)CCNC(=O)C(c1ccc(O)c(C)c1)N(C(=O)C(Cc1ccccc1)NC(=O)OC(C)(C)C)C1CCC1. The van der Waals surface area contributed by atoms with Crippen LogP contribution in [0, 0.1) is 6.92 Å². The molecule has 0 radical (unpaired) electrons. The van der Waals surface area contributed by atoms with Gasteiger partial charge in [-0.05, 0) is 82.7 Å². The molecule has 3 amide bonds. The van der Waals surface area contributed by atoms with Crippen molar-refractivity contribution < 1.29 is 33.8 Å². The van der Waals surface area contributed by atoms with E-state index >= 15 is 0 Å². The number of carbonyl (C=O) groups excluding carboxylic acids is 4. The fourth-order valence-corrected chi connectivity index (χ4v) is 4.77. The monoisotopic (exact) mass is 581 g/mol. The molecule has 2 atom stereocenters. The minimum absolute atomic E-state index is 0.0187. The standard InChI is InChI=1S/C32H43N3O7/c1-6-41-27(37)17-18-33-29(38)28(23-15-16-26(36)21(2)19-23)35(24-13-10-14-24)30(39)25(20-22-11-8-7-9-12-22)34-31(40)42-32(3,4)5/h7-9,11-12,15-16,19,24-25,28,36H,6,10,13-14,17-18,20H2,1-5H3,(H,33,38)(H,34,40). The van der Waals surface area contributed by atoms with Crippen LogP contribution < -0.4 is 10.6 Å². The normalized spacial score (nSPS) is 14.6. The van der Waals surface area contributed by atoms with Gasteiger partial charge in [-0.25, -0.2) is 4.79 Å². The molecule has 3 N–H and O–H groups in total. The first-order valence-corrected chi connectivity index (χ1v) is 14.5. The largest absolute Gasteiger partial charge is 0.508 e. The molecule has 0 bridgehead atoms. The number of rotatable bonds is 12. The Morgan fingerprint density at radius 3 is 2.33 bits per heavy atom. The molecule has 1 fully saturated rings. The van der Waals surface area contributed by atoms with Crippen LogP contribution in [0.3, 0.4) is 0 Å². The average molecular weight is 582 g/mol. The minimum Gasteiger partial charge on any atom is -0.508 e. The average Bonchev–Trinajstić information content (AvgIpc) is 2.88. The molecule has 1 saturated carbocycles. The summed E-state index contributed by atoms with van der Waals surface area (Å²) in [4.78, 5) is 54.7. The van der Waals surface area contributed by atoms with Gasteiger partial charge in [0.15, 0.2) is 0 Å². The molecule has 1 aliphatic carbocycles. The number of amides is 3. The van der Waals surface area contributed by atoms with Gasteiger partial charge in [-0.1, -0.05) is 36.4 Å². The summed E-state index contributed by atoms with van der Waals surface area (Å²) in [5.41, 5.74) is 1.11. The first-order chi connectivity index (χ1) is 19.9. The van der Waals surface area contributed by atoms with Gasteiger partial charge in [0, 0.05) is 19.0 Å². The zero-order valence-electron chi connectivity index (χ0n) is 25.1. The quantitative estimate of drug-likeness (QED) is 0.318. The summed E-state index contributed by atoms with van der Waals surface area (Å²) in [6.45, 7) is 8.91. The van der Waals surface area contributed by atoms with E-state index in [1.165, 1.54) is 6.07 Å². The predicted octanol–water partition coefficient (Wildman–Crippen LogP) is 4.33. The van der Waals surface area contributed by atoms with E-state index < -0.39 is 41.6 Å². The highest BCUT2D eigenvalue weighted by Gasteiger charge is 2.42. The molecule has 228 valence electrons. The third kappa shape index (κ3) is 9.22. The van der Waals surface area contributed by atoms with Crippen LogP contribution >= 0.6 is 0 Å². The number of nitrogens with one attached hydrogen (secondary N) is 2. The van der Waals surface area contributed by atoms with Gasteiger partial charge in [-0.15, -0.1) is 0 Å². The molecule has 2 unspecified atom stereocenters. The number of phenols is 1. The Kier molecular flexibility index (Phi) is 11.4. The third-order valence-corrected chi connectivity index (χ3v) is 6.99. The Bertz CT molecular complexity index is 1240. The van der Waals surface area contributed by atoms with E-state index in [-0.39, 0.29) is 37.8 Å². The zero-order chi connectivity index (χ0) is 30.9. The summed E-state index contributed by atoms with van der Waals surface area (Å²) in [6.07, 6.45) is 1.72. The number of ether oxygens (including phenoxy) is 2. The second-order valence-corrected chi connectivity index (χ2v) is 11.5. The van der Waals surface area contributed by atoms with Crippen LogP contribution in [0.2, 0.25) is 0 Å². The minimum atomic E-state index is -1.07. The molecule has 2 aromatic carbocycles. The van der Waals surface area contributed by atoms with Crippen LogP contribution in [-0.2, 0) is 30.3 Å². The molecule has 0 heterocycles. The van der Waals surface area contributed by atoms with Gasteiger partial charge in [-0.3, -0.25) is 14.4 Å². The Labute approximate surface area is 247 Å². The van der Waals surface area contributed by atoms with Crippen LogP contribution in [0.1, 0.15) is 76.1 Å². The smallest absolute Gasteiger partial charge is 0.408 e. The molecular formula is C32H43N3O7. The lowest BCUT2D eigenvalue weighted by Gasteiger charge is -2.43. The van der Waals surface area contributed by atoms with Crippen molar-refractivity contribution in [1.29, 1.82) is 0 Å². The summed E-state index contributed by atoms with van der Waals surface area (Å²) in [5, 5.41) is 15.7. The second kappa shape index (κ2) is 14.7. The van der Waals surface area contributed by atoms with Gasteiger partial charge >= 0.3 is 12.1 Å². The molecule has 0 saturated heterocycles. The number of phenolic OH excluding ortho intramolecular Hbond substituents is 1. The van der Waals surface area contributed by atoms with E-state index in [0.29, 0.717) is 24.0 Å². The van der Waals surface area contributed by atoms with E-state index in [1.807, 2.05) is 30.3 Å². The highest BCUT2D eigenvalue weighted by Crippen LogP contribution is 2.35. The predicted molar refractivity (Wildman–Crippen MR) is 158 cm³/mol. The van der Waals surface area contributed by atoms with Gasteiger partial charge < -0.3 is 30.1 Å². The maximum absolute atomic E-state index is 14.5. The summed E-state index contributed by atoms with van der Waals surface area (Å²) < 4.78 is 10.5. The molecule has 42 heavy (non-hydrogen) atoms. The molecule has 2 aromatic rings. The number of aryl methyl sites for hydroxylation is 1. The third-order valence-electron chi connectivity index (χ3n) is 6.99. The number of nitrogens with zero attached hydrogens (tertiary/aromatic N) is 1. The lowest BCUT2D eigenvalue weighted by molar-refractivity contribution is -0.148. The van der Waals surface area contributed by atoms with Crippen molar-refractivity contribution in [3.05, 3.63) is 65.2 Å². The van der Waals surface area contributed by atoms with Crippen LogP contribution in [-0.4, -0.2) is 64.7 Å². The molecule has 0 spiro atoms. The Morgan fingerprint density at radius 2 is 1.76 bits per heavy atom. The first-order valence-electron chi connectivity index (χ1n) is 14.5. The van der Waals surface area contributed by atoms with Crippen molar-refractivity contribution in [2.24, 2.45) is 0 Å². The second-order valence-electron chi connectivity index (χ2n) is 11.5. The van der Waals surface area contributed by atoms with Gasteiger partial charge in [-0.2, -0.15) is 0 Å². The Hall–Kier alpha value is -4.08. The van der Waals surface area contributed by atoms with Crippen molar-refractivity contribution in [3.63, 3.8) is 0 Å². The highest BCUT2D eigenvalue weighted by atomic mass is 16.6. The van der Waals surface area contributed by atoms with Gasteiger partial charge in [0.25, 0.3) is 0 Å². The van der Waals surface area contributed by atoms with E-state index in [4.69, 9.17) is 9.47 Å². The fraction of sp³-hybridized carbons (Fsp3) is 0.500. The Morgan fingerprint density at radius 1 is 1.07 bits per heavy atom. The zero-order valence-corrected chi connectivity index (χ0v) is 25.1. The number of esters is 1. The molecule has 1 aliphatic rings. The molecule has 0 aliphatic heterocycles. The van der Waals surface area contributed by atoms with Crippen molar-refractivity contribution in [2.75, 3.05) is 13.2 Å². The lowest BCUT2D eigenvalue weighted by Crippen LogP contribution is -2.58. The summed E-state index contributed by atoms with van der Waals surface area (Å²) in [5.74, 6) is -1.27. The first kappa shape index (κ1) is 32.4. The summed E-state index contributed by atoms with van der Waals surface area (Å²) >= 11 is 0. The topological polar surface area (TPSA) is 134 Å².